The minimum absolute atomic E-state index is 0.0577. The van der Waals surface area contributed by atoms with E-state index in [1.54, 1.807) is 42.5 Å². The van der Waals surface area contributed by atoms with Crippen LogP contribution in [0, 0.1) is 0 Å². The number of rotatable bonds is 2. The van der Waals surface area contributed by atoms with Crippen molar-refractivity contribution in [1.82, 2.24) is 10.2 Å². The Bertz CT molecular complexity index is 1400. The van der Waals surface area contributed by atoms with E-state index < -0.39 is 5.97 Å². The fourth-order valence-corrected chi connectivity index (χ4v) is 3.19. The monoisotopic (exact) mass is 356 g/mol. The molecule has 130 valence electrons. The molecule has 2 heterocycles. The molecule has 0 atom stereocenters. The molecular formula is C21H12N2O4. The normalized spacial score (nSPS) is 11.3. The van der Waals surface area contributed by atoms with E-state index >= 15 is 0 Å². The number of hydrogen-bond acceptors (Lipinski definition) is 5. The zero-order valence-corrected chi connectivity index (χ0v) is 13.9. The number of fused-ring (bicyclic) bond motifs is 4. The highest BCUT2D eigenvalue weighted by molar-refractivity contribution is 6.06. The van der Waals surface area contributed by atoms with Gasteiger partial charge < -0.3 is 9.15 Å². The molecule has 0 aliphatic carbocycles. The van der Waals surface area contributed by atoms with Crippen molar-refractivity contribution in [3.05, 3.63) is 82.8 Å². The number of benzene rings is 3. The van der Waals surface area contributed by atoms with Gasteiger partial charge in [-0.05, 0) is 30.3 Å². The summed E-state index contributed by atoms with van der Waals surface area (Å²) < 4.78 is 11.3. The second kappa shape index (κ2) is 5.81. The third-order valence-electron chi connectivity index (χ3n) is 4.45. The smallest absolute Gasteiger partial charge is 0.364 e. The Morgan fingerprint density at radius 2 is 1.56 bits per heavy atom. The standard InChI is InChI=1S/C21H12N2O4/c24-20-15-7-2-1-6-14(15)19(22-23-20)21(25)26-12-9-10-18-16(11-12)13-5-3-4-8-17(13)27-18/h1-11H,(H,23,24). The van der Waals surface area contributed by atoms with Gasteiger partial charge in [0.25, 0.3) is 5.56 Å². The molecule has 0 spiro atoms. The Balaban J connectivity index is 1.57. The molecule has 5 aromatic rings. The summed E-state index contributed by atoms with van der Waals surface area (Å²) >= 11 is 0. The van der Waals surface area contributed by atoms with Crippen molar-refractivity contribution in [2.75, 3.05) is 0 Å². The lowest BCUT2D eigenvalue weighted by Gasteiger charge is -2.06. The Morgan fingerprint density at radius 1 is 0.852 bits per heavy atom. The van der Waals surface area contributed by atoms with Gasteiger partial charge in [-0.25, -0.2) is 9.89 Å². The van der Waals surface area contributed by atoms with E-state index in [4.69, 9.17) is 9.15 Å². The first-order valence-electron chi connectivity index (χ1n) is 8.31. The van der Waals surface area contributed by atoms with Crippen LogP contribution in [0.3, 0.4) is 0 Å². The average molecular weight is 356 g/mol. The summed E-state index contributed by atoms with van der Waals surface area (Å²) in [6, 6.07) is 19.6. The highest BCUT2D eigenvalue weighted by atomic mass is 16.5. The van der Waals surface area contributed by atoms with Crippen molar-refractivity contribution in [3.8, 4) is 5.75 Å². The van der Waals surface area contributed by atoms with E-state index in [1.165, 1.54) is 0 Å². The summed E-state index contributed by atoms with van der Waals surface area (Å²) in [5.41, 5.74) is 1.18. The molecule has 27 heavy (non-hydrogen) atoms. The van der Waals surface area contributed by atoms with Crippen LogP contribution in [0.1, 0.15) is 10.5 Å². The molecule has 0 bridgehead atoms. The lowest BCUT2D eigenvalue weighted by Crippen LogP contribution is -2.17. The molecule has 3 aromatic carbocycles. The number of H-pyrrole nitrogens is 1. The number of aromatic amines is 1. The summed E-state index contributed by atoms with van der Waals surface area (Å²) in [5.74, 6) is -0.272. The van der Waals surface area contributed by atoms with Gasteiger partial charge >= 0.3 is 5.97 Å². The van der Waals surface area contributed by atoms with Crippen LogP contribution < -0.4 is 10.3 Å². The summed E-state index contributed by atoms with van der Waals surface area (Å²) in [7, 11) is 0. The topological polar surface area (TPSA) is 85.2 Å². The van der Waals surface area contributed by atoms with Crippen molar-refractivity contribution in [3.63, 3.8) is 0 Å². The van der Waals surface area contributed by atoms with Crippen LogP contribution >= 0.6 is 0 Å². The van der Waals surface area contributed by atoms with Crippen LogP contribution in [0.2, 0.25) is 0 Å². The predicted octanol–water partition coefficient (Wildman–Crippen LogP) is 4.04. The molecule has 5 rings (SSSR count). The third kappa shape index (κ3) is 2.46. The third-order valence-corrected chi connectivity index (χ3v) is 4.45. The molecule has 0 fully saturated rings. The van der Waals surface area contributed by atoms with Crippen LogP contribution in [0.5, 0.6) is 5.75 Å². The number of nitrogens with zero attached hydrogens (tertiary/aromatic N) is 1. The lowest BCUT2D eigenvalue weighted by atomic mass is 10.1. The number of ether oxygens (including phenoxy) is 1. The molecule has 0 radical (unpaired) electrons. The predicted molar refractivity (Wildman–Crippen MR) is 101 cm³/mol. The molecule has 0 aliphatic heterocycles. The fourth-order valence-electron chi connectivity index (χ4n) is 3.19. The molecular weight excluding hydrogens is 344 g/mol. The van der Waals surface area contributed by atoms with Crippen LogP contribution in [0.25, 0.3) is 32.7 Å². The maximum atomic E-state index is 12.6. The zero-order chi connectivity index (χ0) is 18.4. The maximum Gasteiger partial charge on any atom is 0.364 e. The number of hydrogen-bond donors (Lipinski definition) is 1. The van der Waals surface area contributed by atoms with Gasteiger partial charge in [0.1, 0.15) is 16.9 Å². The summed E-state index contributed by atoms with van der Waals surface area (Å²) in [6.07, 6.45) is 0. The van der Waals surface area contributed by atoms with E-state index in [0.29, 0.717) is 22.1 Å². The van der Waals surface area contributed by atoms with Gasteiger partial charge in [-0.3, -0.25) is 4.79 Å². The largest absolute Gasteiger partial charge is 0.456 e. The quantitative estimate of drug-likeness (QED) is 0.381. The molecule has 0 unspecified atom stereocenters. The molecule has 0 saturated carbocycles. The number of esters is 1. The van der Waals surface area contributed by atoms with Crippen molar-refractivity contribution >= 4 is 38.7 Å². The van der Waals surface area contributed by atoms with Crippen LogP contribution in [-0.2, 0) is 0 Å². The van der Waals surface area contributed by atoms with Crippen LogP contribution in [-0.4, -0.2) is 16.2 Å². The molecule has 6 nitrogen and oxygen atoms in total. The van der Waals surface area contributed by atoms with E-state index in [2.05, 4.69) is 10.2 Å². The summed E-state index contributed by atoms with van der Waals surface area (Å²) in [4.78, 5) is 24.5. The summed E-state index contributed by atoms with van der Waals surface area (Å²) in [5, 5.41) is 8.84. The second-order valence-electron chi connectivity index (χ2n) is 6.09. The van der Waals surface area contributed by atoms with Gasteiger partial charge in [0.2, 0.25) is 0 Å². The molecule has 0 saturated heterocycles. The van der Waals surface area contributed by atoms with Crippen molar-refractivity contribution < 1.29 is 13.9 Å². The average Bonchev–Trinajstić information content (AvgIpc) is 3.06. The van der Waals surface area contributed by atoms with E-state index in [-0.39, 0.29) is 11.3 Å². The van der Waals surface area contributed by atoms with E-state index in [1.807, 2.05) is 24.3 Å². The number of aromatic nitrogens is 2. The Kier molecular flexibility index (Phi) is 3.30. The van der Waals surface area contributed by atoms with Crippen molar-refractivity contribution in [2.45, 2.75) is 0 Å². The SMILES string of the molecule is O=C(Oc1ccc2oc3ccccc3c2c1)c1n[nH]c(=O)c2ccccc12. The van der Waals surface area contributed by atoms with Gasteiger partial charge in [0, 0.05) is 16.2 Å². The lowest BCUT2D eigenvalue weighted by molar-refractivity contribution is 0.0730. The molecule has 2 aromatic heterocycles. The fraction of sp³-hybridized carbons (Fsp3) is 0. The van der Waals surface area contributed by atoms with Crippen LogP contribution in [0.15, 0.2) is 75.9 Å². The van der Waals surface area contributed by atoms with Gasteiger partial charge in [-0.1, -0.05) is 36.4 Å². The first-order chi connectivity index (χ1) is 13.2. The van der Waals surface area contributed by atoms with Gasteiger partial charge in [-0.2, -0.15) is 5.10 Å². The Labute approximate surface area is 152 Å². The Morgan fingerprint density at radius 3 is 2.41 bits per heavy atom. The maximum absolute atomic E-state index is 12.6. The molecule has 6 heteroatoms. The summed E-state index contributed by atoms with van der Waals surface area (Å²) in [6.45, 7) is 0. The number of para-hydroxylation sites is 1. The second-order valence-corrected chi connectivity index (χ2v) is 6.09. The molecule has 1 N–H and O–H groups in total. The Hall–Kier alpha value is -3.93. The number of nitrogens with one attached hydrogen (secondary N) is 1. The van der Waals surface area contributed by atoms with Gasteiger partial charge in [0.15, 0.2) is 5.69 Å². The van der Waals surface area contributed by atoms with E-state index in [0.717, 1.165) is 16.4 Å². The molecule has 0 amide bonds. The zero-order valence-electron chi connectivity index (χ0n) is 13.9. The number of carbonyl (C=O) groups is 1. The van der Waals surface area contributed by atoms with Crippen molar-refractivity contribution in [1.29, 1.82) is 0 Å². The first kappa shape index (κ1) is 15.3. The number of carbonyl (C=O) groups excluding carboxylic acids is 1. The van der Waals surface area contributed by atoms with E-state index in [9.17, 15) is 9.59 Å². The molecule has 0 aliphatic rings. The van der Waals surface area contributed by atoms with Gasteiger partial charge in [0.05, 0.1) is 5.39 Å². The van der Waals surface area contributed by atoms with Crippen LogP contribution in [0.4, 0.5) is 0 Å². The minimum atomic E-state index is -0.644. The van der Waals surface area contributed by atoms with Crippen molar-refractivity contribution in [2.24, 2.45) is 0 Å². The minimum Gasteiger partial charge on any atom is -0.456 e. The highest BCUT2D eigenvalue weighted by Gasteiger charge is 2.17. The number of furan rings is 1. The first-order valence-corrected chi connectivity index (χ1v) is 8.31. The highest BCUT2D eigenvalue weighted by Crippen LogP contribution is 2.31. The van der Waals surface area contributed by atoms with Gasteiger partial charge in [-0.15, -0.1) is 0 Å².